The Kier molecular flexibility index (Phi) is 5.35. The molecule has 0 atom stereocenters. The molecule has 25 heavy (non-hydrogen) atoms. The van der Waals surface area contributed by atoms with Crippen LogP contribution in [0.1, 0.15) is 20.9 Å². The molecule has 1 amide bonds. The van der Waals surface area contributed by atoms with Crippen LogP contribution in [0.2, 0.25) is 0 Å². The van der Waals surface area contributed by atoms with E-state index in [9.17, 15) is 4.79 Å². The van der Waals surface area contributed by atoms with Crippen LogP contribution in [0.25, 0.3) is 10.6 Å². The molecule has 0 aliphatic carbocycles. The third-order valence-corrected chi connectivity index (χ3v) is 5.56. The van der Waals surface area contributed by atoms with E-state index in [2.05, 4.69) is 10.3 Å². The van der Waals surface area contributed by atoms with Crippen LogP contribution >= 0.6 is 22.7 Å². The van der Waals surface area contributed by atoms with E-state index < -0.39 is 0 Å². The summed E-state index contributed by atoms with van der Waals surface area (Å²) in [7, 11) is 3.18. The number of aromatic nitrogens is 1. The van der Waals surface area contributed by atoms with Gasteiger partial charge in [-0.1, -0.05) is 6.07 Å². The lowest BCUT2D eigenvalue weighted by atomic mass is 10.2. The SMILES string of the molecule is COc1ccc(CNC(=O)c2sc(-c3ccsc3)nc2C)cc1OC. The van der Waals surface area contributed by atoms with Crippen LogP contribution in [0.5, 0.6) is 11.5 Å². The fraction of sp³-hybridized carbons (Fsp3) is 0.222. The molecule has 1 N–H and O–H groups in total. The zero-order valence-corrected chi connectivity index (χ0v) is 15.8. The summed E-state index contributed by atoms with van der Waals surface area (Å²) in [6, 6.07) is 7.59. The number of benzene rings is 1. The van der Waals surface area contributed by atoms with Crippen LogP contribution in [0.15, 0.2) is 35.0 Å². The molecular formula is C18H18N2O3S2. The van der Waals surface area contributed by atoms with E-state index in [4.69, 9.17) is 9.47 Å². The highest BCUT2D eigenvalue weighted by molar-refractivity contribution is 7.17. The smallest absolute Gasteiger partial charge is 0.263 e. The fourth-order valence-electron chi connectivity index (χ4n) is 2.37. The Morgan fingerprint density at radius 3 is 2.68 bits per heavy atom. The van der Waals surface area contributed by atoms with E-state index in [0.29, 0.717) is 22.9 Å². The summed E-state index contributed by atoms with van der Waals surface area (Å²) in [4.78, 5) is 17.7. The second-order valence-corrected chi connectivity index (χ2v) is 7.10. The van der Waals surface area contributed by atoms with Crippen LogP contribution in [0, 0.1) is 6.92 Å². The average molecular weight is 374 g/mol. The first-order chi connectivity index (χ1) is 12.1. The number of nitrogens with zero attached hydrogens (tertiary/aromatic N) is 1. The first-order valence-electron chi connectivity index (χ1n) is 7.61. The number of carbonyl (C=O) groups excluding carboxylic acids is 1. The van der Waals surface area contributed by atoms with Crippen molar-refractivity contribution in [3.8, 4) is 22.1 Å². The van der Waals surface area contributed by atoms with Gasteiger partial charge in [-0.2, -0.15) is 11.3 Å². The highest BCUT2D eigenvalue weighted by Gasteiger charge is 2.16. The second kappa shape index (κ2) is 7.67. The second-order valence-electron chi connectivity index (χ2n) is 5.32. The first-order valence-corrected chi connectivity index (χ1v) is 9.37. The average Bonchev–Trinajstić information content (AvgIpc) is 3.28. The van der Waals surface area contributed by atoms with Gasteiger partial charge in [0.25, 0.3) is 5.91 Å². The van der Waals surface area contributed by atoms with Crippen molar-refractivity contribution >= 4 is 28.6 Å². The van der Waals surface area contributed by atoms with Crippen LogP contribution in [-0.2, 0) is 6.54 Å². The Hall–Kier alpha value is -2.38. The molecule has 7 heteroatoms. The van der Waals surface area contributed by atoms with Gasteiger partial charge in [0.1, 0.15) is 9.88 Å². The topological polar surface area (TPSA) is 60.5 Å². The molecule has 0 radical (unpaired) electrons. The lowest BCUT2D eigenvalue weighted by Crippen LogP contribution is -2.22. The molecule has 1 aromatic carbocycles. The zero-order valence-electron chi connectivity index (χ0n) is 14.2. The molecule has 2 aromatic heterocycles. The van der Waals surface area contributed by atoms with Gasteiger partial charge in [0.2, 0.25) is 0 Å². The van der Waals surface area contributed by atoms with E-state index in [-0.39, 0.29) is 5.91 Å². The number of hydrogen-bond donors (Lipinski definition) is 1. The largest absolute Gasteiger partial charge is 0.493 e. The van der Waals surface area contributed by atoms with Crippen molar-refractivity contribution < 1.29 is 14.3 Å². The maximum atomic E-state index is 12.5. The Morgan fingerprint density at radius 1 is 1.20 bits per heavy atom. The molecule has 0 spiro atoms. The zero-order chi connectivity index (χ0) is 17.8. The molecule has 0 unspecified atom stereocenters. The minimum absolute atomic E-state index is 0.119. The molecular weight excluding hydrogens is 356 g/mol. The van der Waals surface area contributed by atoms with Crippen molar-refractivity contribution in [3.63, 3.8) is 0 Å². The molecule has 3 rings (SSSR count). The van der Waals surface area contributed by atoms with Crippen molar-refractivity contribution in [3.05, 3.63) is 51.2 Å². The summed E-state index contributed by atoms with van der Waals surface area (Å²) >= 11 is 3.03. The van der Waals surface area contributed by atoms with E-state index in [1.54, 1.807) is 25.6 Å². The van der Waals surface area contributed by atoms with Gasteiger partial charge in [-0.3, -0.25) is 4.79 Å². The van der Waals surface area contributed by atoms with Gasteiger partial charge in [-0.25, -0.2) is 4.98 Å². The van der Waals surface area contributed by atoms with Gasteiger partial charge in [-0.05, 0) is 36.1 Å². The Labute approximate surface area is 154 Å². The van der Waals surface area contributed by atoms with E-state index in [0.717, 1.165) is 21.8 Å². The summed E-state index contributed by atoms with van der Waals surface area (Å²) in [5, 5.41) is 7.85. The third-order valence-electron chi connectivity index (χ3n) is 3.67. The standard InChI is InChI=1S/C18H18N2O3S2/c1-11-16(25-18(20-11)13-6-7-24-10-13)17(21)19-9-12-4-5-14(22-2)15(8-12)23-3/h4-8,10H,9H2,1-3H3,(H,19,21). The molecule has 2 heterocycles. The number of methoxy groups -OCH3 is 2. The molecule has 0 aliphatic heterocycles. The number of thiazole rings is 1. The summed E-state index contributed by atoms with van der Waals surface area (Å²) in [5.41, 5.74) is 2.74. The van der Waals surface area contributed by atoms with Crippen molar-refractivity contribution in [2.75, 3.05) is 14.2 Å². The molecule has 5 nitrogen and oxygen atoms in total. The number of ether oxygens (including phenoxy) is 2. The van der Waals surface area contributed by atoms with E-state index in [1.165, 1.54) is 11.3 Å². The first kappa shape index (κ1) is 17.4. The Balaban J connectivity index is 1.71. The Bertz CT molecular complexity index is 873. The molecule has 0 aliphatic rings. The molecule has 3 aromatic rings. The Morgan fingerprint density at radius 2 is 2.00 bits per heavy atom. The minimum atomic E-state index is -0.119. The number of rotatable bonds is 6. The van der Waals surface area contributed by atoms with Gasteiger partial charge in [0, 0.05) is 17.5 Å². The molecule has 0 saturated carbocycles. The number of amides is 1. The molecule has 0 saturated heterocycles. The van der Waals surface area contributed by atoms with Gasteiger partial charge < -0.3 is 14.8 Å². The van der Waals surface area contributed by atoms with Crippen LogP contribution in [0.4, 0.5) is 0 Å². The van der Waals surface area contributed by atoms with Gasteiger partial charge in [0.05, 0.1) is 19.9 Å². The lowest BCUT2D eigenvalue weighted by Gasteiger charge is -2.10. The third kappa shape index (κ3) is 3.83. The molecule has 130 valence electrons. The monoisotopic (exact) mass is 374 g/mol. The van der Waals surface area contributed by atoms with Gasteiger partial charge in [0.15, 0.2) is 11.5 Å². The number of hydrogen-bond acceptors (Lipinski definition) is 6. The number of carbonyl (C=O) groups is 1. The predicted molar refractivity (Wildman–Crippen MR) is 101 cm³/mol. The maximum Gasteiger partial charge on any atom is 0.263 e. The van der Waals surface area contributed by atoms with Crippen molar-refractivity contribution in [1.29, 1.82) is 0 Å². The highest BCUT2D eigenvalue weighted by atomic mass is 32.1. The molecule has 0 fully saturated rings. The van der Waals surface area contributed by atoms with E-state index >= 15 is 0 Å². The number of nitrogens with one attached hydrogen (secondary N) is 1. The highest BCUT2D eigenvalue weighted by Crippen LogP contribution is 2.30. The van der Waals surface area contributed by atoms with Crippen molar-refractivity contribution in [2.45, 2.75) is 13.5 Å². The number of aryl methyl sites for hydroxylation is 1. The summed E-state index contributed by atoms with van der Waals surface area (Å²) in [6.07, 6.45) is 0. The minimum Gasteiger partial charge on any atom is -0.493 e. The quantitative estimate of drug-likeness (QED) is 0.705. The summed E-state index contributed by atoms with van der Waals surface area (Å²) < 4.78 is 10.5. The molecule has 0 bridgehead atoms. The fourth-order valence-corrected chi connectivity index (χ4v) is 4.06. The normalized spacial score (nSPS) is 10.5. The summed E-state index contributed by atoms with van der Waals surface area (Å²) in [5.74, 6) is 1.19. The van der Waals surface area contributed by atoms with E-state index in [1.807, 2.05) is 41.9 Å². The van der Waals surface area contributed by atoms with Crippen molar-refractivity contribution in [2.24, 2.45) is 0 Å². The van der Waals surface area contributed by atoms with Crippen LogP contribution < -0.4 is 14.8 Å². The van der Waals surface area contributed by atoms with Crippen LogP contribution in [-0.4, -0.2) is 25.1 Å². The van der Waals surface area contributed by atoms with Gasteiger partial charge >= 0.3 is 0 Å². The predicted octanol–water partition coefficient (Wildman–Crippen LogP) is 4.13. The maximum absolute atomic E-state index is 12.5. The van der Waals surface area contributed by atoms with Crippen molar-refractivity contribution in [1.82, 2.24) is 10.3 Å². The number of thiophene rings is 1. The van der Waals surface area contributed by atoms with Crippen LogP contribution in [0.3, 0.4) is 0 Å². The summed E-state index contributed by atoms with van der Waals surface area (Å²) in [6.45, 7) is 2.27. The van der Waals surface area contributed by atoms with Gasteiger partial charge in [-0.15, -0.1) is 11.3 Å². The lowest BCUT2D eigenvalue weighted by molar-refractivity contribution is 0.0954.